The van der Waals surface area contributed by atoms with Gasteiger partial charge in [-0.2, -0.15) is 0 Å². The predicted octanol–water partition coefficient (Wildman–Crippen LogP) is 3.43. The average Bonchev–Trinajstić information content (AvgIpc) is 3.22. The molecular weight excluding hydrogens is 314 g/mol. The number of benzene rings is 2. The predicted molar refractivity (Wildman–Crippen MR) is 98.6 cm³/mol. The third-order valence-electron chi connectivity index (χ3n) is 4.61. The number of carboxylic acids is 1. The Kier molecular flexibility index (Phi) is 3.99. The lowest BCUT2D eigenvalue weighted by atomic mass is 10.0. The molecule has 4 N–H and O–H groups in total. The number of H-pyrrole nitrogens is 2. The fourth-order valence-electron chi connectivity index (χ4n) is 3.28. The van der Waals surface area contributed by atoms with Crippen LogP contribution in [0.25, 0.3) is 21.8 Å². The minimum atomic E-state index is -0.842. The van der Waals surface area contributed by atoms with Crippen molar-refractivity contribution in [3.05, 3.63) is 72.1 Å². The van der Waals surface area contributed by atoms with Gasteiger partial charge in [0.05, 0.1) is 0 Å². The van der Waals surface area contributed by atoms with Crippen molar-refractivity contribution in [1.82, 2.24) is 15.3 Å². The van der Waals surface area contributed by atoms with Crippen LogP contribution in [0.3, 0.4) is 0 Å². The Labute approximate surface area is 144 Å². The summed E-state index contributed by atoms with van der Waals surface area (Å²) in [5, 5.41) is 15.0. The van der Waals surface area contributed by atoms with Gasteiger partial charge in [-0.3, -0.25) is 10.1 Å². The second-order valence-corrected chi connectivity index (χ2v) is 6.19. The van der Waals surface area contributed by atoms with Gasteiger partial charge in [0.1, 0.15) is 6.04 Å². The highest BCUT2D eigenvalue weighted by Gasteiger charge is 2.19. The van der Waals surface area contributed by atoms with E-state index in [1.54, 1.807) is 0 Å². The first-order valence-electron chi connectivity index (χ1n) is 8.28. The number of aromatic nitrogens is 2. The fourth-order valence-corrected chi connectivity index (χ4v) is 3.28. The van der Waals surface area contributed by atoms with E-state index in [-0.39, 0.29) is 0 Å². The highest BCUT2D eigenvalue weighted by molar-refractivity contribution is 5.85. The summed E-state index contributed by atoms with van der Waals surface area (Å²) in [7, 11) is 0. The zero-order chi connectivity index (χ0) is 17.2. The van der Waals surface area contributed by atoms with E-state index in [9.17, 15) is 9.90 Å². The maximum atomic E-state index is 11.7. The molecule has 0 aliphatic carbocycles. The zero-order valence-electron chi connectivity index (χ0n) is 13.6. The van der Waals surface area contributed by atoms with E-state index >= 15 is 0 Å². The molecule has 0 fully saturated rings. The van der Waals surface area contributed by atoms with Crippen molar-refractivity contribution < 1.29 is 9.90 Å². The second-order valence-electron chi connectivity index (χ2n) is 6.19. The lowest BCUT2D eigenvalue weighted by Gasteiger charge is -2.14. The van der Waals surface area contributed by atoms with E-state index in [1.165, 1.54) is 0 Å². The molecule has 4 rings (SSSR count). The zero-order valence-corrected chi connectivity index (χ0v) is 13.6. The van der Waals surface area contributed by atoms with Crippen molar-refractivity contribution in [3.8, 4) is 0 Å². The second kappa shape index (κ2) is 6.45. The Bertz CT molecular complexity index is 1030. The van der Waals surface area contributed by atoms with Crippen molar-refractivity contribution in [1.29, 1.82) is 0 Å². The summed E-state index contributed by atoms with van der Waals surface area (Å²) in [5.74, 6) is -0.842. The highest BCUT2D eigenvalue weighted by Crippen LogP contribution is 2.20. The summed E-state index contributed by atoms with van der Waals surface area (Å²) in [5.41, 5.74) is 4.16. The van der Waals surface area contributed by atoms with Gasteiger partial charge in [-0.05, 0) is 23.3 Å². The monoisotopic (exact) mass is 333 g/mol. The number of para-hydroxylation sites is 2. The Morgan fingerprint density at radius 1 is 0.920 bits per heavy atom. The van der Waals surface area contributed by atoms with Gasteiger partial charge in [0.2, 0.25) is 0 Å². The molecule has 0 saturated heterocycles. The van der Waals surface area contributed by atoms with Gasteiger partial charge < -0.3 is 15.1 Å². The Morgan fingerprint density at radius 2 is 1.48 bits per heavy atom. The first-order chi connectivity index (χ1) is 12.2. The molecule has 5 heteroatoms. The summed E-state index contributed by atoms with van der Waals surface area (Å²) in [6, 6.07) is 15.3. The molecule has 4 aromatic rings. The molecule has 1 unspecified atom stereocenters. The van der Waals surface area contributed by atoms with Crippen molar-refractivity contribution in [2.45, 2.75) is 19.0 Å². The molecule has 2 heterocycles. The number of aliphatic carboxylic acids is 1. The molecule has 0 amide bonds. The van der Waals surface area contributed by atoms with E-state index in [2.05, 4.69) is 15.3 Å². The third kappa shape index (κ3) is 3.02. The van der Waals surface area contributed by atoms with E-state index in [4.69, 9.17) is 0 Å². The first kappa shape index (κ1) is 15.5. The maximum absolute atomic E-state index is 11.7. The number of nitrogens with one attached hydrogen (secondary N) is 3. The summed E-state index contributed by atoms with van der Waals surface area (Å²) in [4.78, 5) is 18.1. The normalized spacial score (nSPS) is 12.6. The minimum absolute atomic E-state index is 0.432. The van der Waals surface area contributed by atoms with E-state index in [0.29, 0.717) is 13.0 Å². The molecule has 1 atom stereocenters. The van der Waals surface area contributed by atoms with Crippen LogP contribution < -0.4 is 5.32 Å². The number of rotatable bonds is 6. The van der Waals surface area contributed by atoms with Crippen LogP contribution in [0.4, 0.5) is 0 Å². The summed E-state index contributed by atoms with van der Waals surface area (Å²) in [6.45, 7) is 0.503. The molecule has 0 radical (unpaired) electrons. The van der Waals surface area contributed by atoms with Crippen LogP contribution in [0.2, 0.25) is 0 Å². The number of fused-ring (bicyclic) bond motifs is 2. The number of aromatic amines is 2. The van der Waals surface area contributed by atoms with Crippen molar-refractivity contribution >= 4 is 27.8 Å². The summed E-state index contributed by atoms with van der Waals surface area (Å²) in [6.07, 6.45) is 4.26. The van der Waals surface area contributed by atoms with Crippen LogP contribution in [0.1, 0.15) is 11.1 Å². The Balaban J connectivity index is 1.53. The average molecular weight is 333 g/mol. The lowest BCUT2D eigenvalue weighted by molar-refractivity contribution is -0.139. The number of hydrogen-bond donors (Lipinski definition) is 4. The largest absolute Gasteiger partial charge is 0.480 e. The molecule has 0 aliphatic heterocycles. The molecule has 0 saturated carbocycles. The molecule has 25 heavy (non-hydrogen) atoms. The van der Waals surface area contributed by atoms with Gasteiger partial charge in [0.25, 0.3) is 0 Å². The van der Waals surface area contributed by atoms with Crippen LogP contribution in [0, 0.1) is 0 Å². The van der Waals surface area contributed by atoms with Gasteiger partial charge >= 0.3 is 5.97 Å². The van der Waals surface area contributed by atoms with Crippen LogP contribution in [0.15, 0.2) is 60.9 Å². The number of carbonyl (C=O) groups is 1. The fraction of sp³-hybridized carbons (Fsp3) is 0.150. The van der Waals surface area contributed by atoms with Crippen molar-refractivity contribution in [2.24, 2.45) is 0 Å². The maximum Gasteiger partial charge on any atom is 0.321 e. The van der Waals surface area contributed by atoms with Crippen LogP contribution in [-0.4, -0.2) is 27.1 Å². The summed E-state index contributed by atoms with van der Waals surface area (Å²) < 4.78 is 0. The number of hydrogen-bond acceptors (Lipinski definition) is 2. The van der Waals surface area contributed by atoms with Crippen LogP contribution >= 0.6 is 0 Å². The minimum Gasteiger partial charge on any atom is -0.480 e. The Morgan fingerprint density at radius 3 is 2.12 bits per heavy atom. The SMILES string of the molecule is O=C(O)C(Cc1c[nH]c2ccccc12)NCc1c[nH]c2ccccc12. The van der Waals surface area contributed by atoms with Crippen LogP contribution in [0.5, 0.6) is 0 Å². The number of carboxylic acid groups (broad SMARTS) is 1. The molecule has 126 valence electrons. The smallest absolute Gasteiger partial charge is 0.321 e. The van der Waals surface area contributed by atoms with Gasteiger partial charge in [-0.25, -0.2) is 0 Å². The van der Waals surface area contributed by atoms with Gasteiger partial charge in [0, 0.05) is 47.2 Å². The van der Waals surface area contributed by atoms with E-state index in [1.807, 2.05) is 60.9 Å². The first-order valence-corrected chi connectivity index (χ1v) is 8.28. The third-order valence-corrected chi connectivity index (χ3v) is 4.61. The van der Waals surface area contributed by atoms with Gasteiger partial charge in [-0.15, -0.1) is 0 Å². The lowest BCUT2D eigenvalue weighted by Crippen LogP contribution is -2.38. The Hall–Kier alpha value is -3.05. The van der Waals surface area contributed by atoms with E-state index < -0.39 is 12.0 Å². The molecule has 2 aromatic heterocycles. The molecule has 2 aromatic carbocycles. The molecular formula is C20H19N3O2. The molecule has 0 aliphatic rings. The molecule has 5 nitrogen and oxygen atoms in total. The van der Waals surface area contributed by atoms with Crippen molar-refractivity contribution in [3.63, 3.8) is 0 Å². The van der Waals surface area contributed by atoms with E-state index in [0.717, 1.165) is 32.9 Å². The molecule has 0 spiro atoms. The summed E-state index contributed by atoms with van der Waals surface area (Å²) >= 11 is 0. The molecule has 0 bridgehead atoms. The van der Waals surface area contributed by atoms with Gasteiger partial charge in [0.15, 0.2) is 0 Å². The van der Waals surface area contributed by atoms with Crippen LogP contribution in [-0.2, 0) is 17.8 Å². The topological polar surface area (TPSA) is 80.9 Å². The standard InChI is InChI=1S/C20H19N3O2/c24-20(25)19(9-13-10-21-17-7-3-1-5-15(13)17)23-12-14-11-22-18-8-4-2-6-16(14)18/h1-8,10-11,19,21-23H,9,12H2,(H,24,25). The quantitative estimate of drug-likeness (QED) is 0.436. The van der Waals surface area contributed by atoms with Gasteiger partial charge in [-0.1, -0.05) is 36.4 Å². The van der Waals surface area contributed by atoms with Crippen molar-refractivity contribution in [2.75, 3.05) is 0 Å². The highest BCUT2D eigenvalue weighted by atomic mass is 16.4.